The molecule has 1 aromatic heterocycles. The molecule has 0 radical (unpaired) electrons. The Hall–Kier alpha value is -1.39. The first-order valence-electron chi connectivity index (χ1n) is 5.32. The van der Waals surface area contributed by atoms with Gasteiger partial charge in [0.25, 0.3) is 0 Å². The molecule has 0 saturated carbocycles. The van der Waals surface area contributed by atoms with E-state index in [4.69, 9.17) is 5.73 Å². The van der Waals surface area contributed by atoms with Gasteiger partial charge in [-0.15, -0.1) is 11.8 Å². The lowest BCUT2D eigenvalue weighted by molar-refractivity contribution is 0.601. The van der Waals surface area contributed by atoms with Crippen molar-refractivity contribution in [3.63, 3.8) is 0 Å². The predicted molar refractivity (Wildman–Crippen MR) is 68.3 cm³/mol. The van der Waals surface area contributed by atoms with Gasteiger partial charge in [-0.3, -0.25) is 4.98 Å². The highest BCUT2D eigenvalue weighted by Gasteiger charge is 2.13. The van der Waals surface area contributed by atoms with Crippen molar-refractivity contribution in [3.05, 3.63) is 60.2 Å². The second-order valence-electron chi connectivity index (χ2n) is 3.55. The minimum absolute atomic E-state index is 0.0508. The predicted octanol–water partition coefficient (Wildman–Crippen LogP) is 3.01. The van der Waals surface area contributed by atoms with Crippen LogP contribution in [-0.4, -0.2) is 11.5 Å². The number of nitrogens with two attached hydrogens (primary N) is 1. The lowest BCUT2D eigenvalue weighted by atomic mass is 10.2. The van der Waals surface area contributed by atoms with Crippen molar-refractivity contribution < 1.29 is 4.39 Å². The highest BCUT2D eigenvalue weighted by molar-refractivity contribution is 7.99. The van der Waals surface area contributed by atoms with Gasteiger partial charge in [0.2, 0.25) is 0 Å². The zero-order chi connectivity index (χ0) is 12.1. The molecule has 2 rings (SSSR count). The van der Waals surface area contributed by atoms with Gasteiger partial charge < -0.3 is 5.73 Å². The highest BCUT2D eigenvalue weighted by Crippen LogP contribution is 2.35. The Labute approximate surface area is 104 Å². The molecular formula is C13H13FN2S. The molecular weight excluding hydrogens is 235 g/mol. The minimum Gasteiger partial charge on any atom is -0.329 e. The number of hydrogen-bond acceptors (Lipinski definition) is 3. The fourth-order valence-corrected chi connectivity index (χ4v) is 2.56. The van der Waals surface area contributed by atoms with Crippen molar-refractivity contribution in [2.75, 3.05) is 6.54 Å². The molecule has 0 aliphatic carbocycles. The Kier molecular flexibility index (Phi) is 4.12. The van der Waals surface area contributed by atoms with E-state index < -0.39 is 0 Å². The summed E-state index contributed by atoms with van der Waals surface area (Å²) in [4.78, 5) is 4.59. The summed E-state index contributed by atoms with van der Waals surface area (Å²) in [6.45, 7) is 0.461. The number of nitrogens with zero attached hydrogens (tertiary/aromatic N) is 1. The molecule has 1 atom stereocenters. The summed E-state index contributed by atoms with van der Waals surface area (Å²) < 4.78 is 13.5. The number of halogens is 1. The van der Waals surface area contributed by atoms with Crippen LogP contribution in [0.3, 0.4) is 0 Å². The van der Waals surface area contributed by atoms with Crippen LogP contribution in [0.1, 0.15) is 10.8 Å². The maximum absolute atomic E-state index is 13.5. The summed E-state index contributed by atoms with van der Waals surface area (Å²) >= 11 is 1.44. The monoisotopic (exact) mass is 248 g/mol. The Morgan fingerprint density at radius 1 is 1.18 bits per heavy atom. The third-order valence-electron chi connectivity index (χ3n) is 2.40. The zero-order valence-electron chi connectivity index (χ0n) is 9.21. The van der Waals surface area contributed by atoms with Gasteiger partial charge in [-0.1, -0.05) is 12.1 Å². The molecule has 0 spiro atoms. The van der Waals surface area contributed by atoms with Gasteiger partial charge in [0.1, 0.15) is 5.82 Å². The Morgan fingerprint density at radius 3 is 2.53 bits per heavy atom. The largest absolute Gasteiger partial charge is 0.329 e. The SMILES string of the molecule is NCC(Sc1ccccc1F)c1ccncc1. The van der Waals surface area contributed by atoms with E-state index >= 15 is 0 Å². The first kappa shape index (κ1) is 12.1. The van der Waals surface area contributed by atoms with Crippen LogP contribution in [-0.2, 0) is 0 Å². The van der Waals surface area contributed by atoms with E-state index in [0.717, 1.165) is 5.56 Å². The van der Waals surface area contributed by atoms with Crippen LogP contribution < -0.4 is 5.73 Å². The normalized spacial score (nSPS) is 12.4. The van der Waals surface area contributed by atoms with Crippen LogP contribution in [0.25, 0.3) is 0 Å². The number of benzene rings is 1. The van der Waals surface area contributed by atoms with Gasteiger partial charge in [0.05, 0.1) is 0 Å². The summed E-state index contributed by atoms with van der Waals surface area (Å²) in [5.74, 6) is -0.204. The molecule has 0 fully saturated rings. The molecule has 1 heterocycles. The lowest BCUT2D eigenvalue weighted by Gasteiger charge is -2.14. The topological polar surface area (TPSA) is 38.9 Å². The summed E-state index contributed by atoms with van der Waals surface area (Å²) in [7, 11) is 0. The minimum atomic E-state index is -0.204. The van der Waals surface area contributed by atoms with Gasteiger partial charge in [-0.05, 0) is 29.8 Å². The van der Waals surface area contributed by atoms with E-state index in [9.17, 15) is 4.39 Å². The third-order valence-corrected chi connectivity index (χ3v) is 3.73. The van der Waals surface area contributed by atoms with E-state index in [1.165, 1.54) is 17.8 Å². The molecule has 0 amide bonds. The van der Waals surface area contributed by atoms with Crippen molar-refractivity contribution in [2.45, 2.75) is 10.1 Å². The highest BCUT2D eigenvalue weighted by atomic mass is 32.2. The van der Waals surface area contributed by atoms with E-state index in [1.54, 1.807) is 24.5 Å². The number of rotatable bonds is 4. The molecule has 17 heavy (non-hydrogen) atoms. The van der Waals surface area contributed by atoms with E-state index in [-0.39, 0.29) is 11.1 Å². The van der Waals surface area contributed by atoms with Crippen molar-refractivity contribution >= 4 is 11.8 Å². The summed E-state index contributed by atoms with van der Waals surface area (Å²) in [5, 5.41) is 0.0508. The van der Waals surface area contributed by atoms with Crippen LogP contribution in [0.5, 0.6) is 0 Å². The second-order valence-corrected chi connectivity index (χ2v) is 4.80. The molecule has 0 aliphatic rings. The first-order chi connectivity index (χ1) is 8.31. The Balaban J connectivity index is 2.19. The number of thioether (sulfide) groups is 1. The Bertz CT molecular complexity index is 476. The number of aromatic nitrogens is 1. The molecule has 4 heteroatoms. The first-order valence-corrected chi connectivity index (χ1v) is 6.20. The van der Waals surface area contributed by atoms with E-state index in [1.807, 2.05) is 18.2 Å². The zero-order valence-corrected chi connectivity index (χ0v) is 10.0. The third kappa shape index (κ3) is 3.05. The summed E-state index contributed by atoms with van der Waals surface area (Å²) in [6, 6.07) is 10.6. The fraction of sp³-hybridized carbons (Fsp3) is 0.154. The molecule has 88 valence electrons. The average molecular weight is 248 g/mol. The van der Waals surface area contributed by atoms with Crippen LogP contribution >= 0.6 is 11.8 Å². The van der Waals surface area contributed by atoms with Crippen molar-refractivity contribution in [3.8, 4) is 0 Å². The number of pyridine rings is 1. The summed E-state index contributed by atoms with van der Waals surface area (Å²) in [6.07, 6.45) is 3.44. The standard InChI is InChI=1S/C13H13FN2S/c14-11-3-1-2-4-12(11)17-13(9-15)10-5-7-16-8-6-10/h1-8,13H,9,15H2. The smallest absolute Gasteiger partial charge is 0.136 e. The molecule has 1 aromatic carbocycles. The van der Waals surface area contributed by atoms with E-state index in [2.05, 4.69) is 4.98 Å². The molecule has 1 unspecified atom stereocenters. The molecule has 2 N–H and O–H groups in total. The van der Waals surface area contributed by atoms with Gasteiger partial charge in [0.15, 0.2) is 0 Å². The molecule has 0 bridgehead atoms. The van der Waals surface area contributed by atoms with Crippen molar-refractivity contribution in [1.82, 2.24) is 4.98 Å². The molecule has 2 nitrogen and oxygen atoms in total. The maximum Gasteiger partial charge on any atom is 0.136 e. The maximum atomic E-state index is 13.5. The van der Waals surface area contributed by atoms with Crippen molar-refractivity contribution in [1.29, 1.82) is 0 Å². The molecule has 2 aromatic rings. The van der Waals surface area contributed by atoms with Gasteiger partial charge >= 0.3 is 0 Å². The molecule has 0 aliphatic heterocycles. The quantitative estimate of drug-likeness (QED) is 0.845. The number of hydrogen-bond donors (Lipinski definition) is 1. The molecule has 0 saturated heterocycles. The van der Waals surface area contributed by atoms with Gasteiger partial charge in [0, 0.05) is 29.1 Å². The van der Waals surface area contributed by atoms with E-state index in [0.29, 0.717) is 11.4 Å². The van der Waals surface area contributed by atoms with Crippen LogP contribution in [0.2, 0.25) is 0 Å². The van der Waals surface area contributed by atoms with Gasteiger partial charge in [-0.2, -0.15) is 0 Å². The Morgan fingerprint density at radius 2 is 1.88 bits per heavy atom. The van der Waals surface area contributed by atoms with Gasteiger partial charge in [-0.25, -0.2) is 4.39 Å². The van der Waals surface area contributed by atoms with Crippen LogP contribution in [0.15, 0.2) is 53.7 Å². The van der Waals surface area contributed by atoms with Crippen LogP contribution in [0, 0.1) is 5.82 Å². The van der Waals surface area contributed by atoms with Crippen LogP contribution in [0.4, 0.5) is 4.39 Å². The summed E-state index contributed by atoms with van der Waals surface area (Å²) in [5.41, 5.74) is 6.80. The lowest BCUT2D eigenvalue weighted by Crippen LogP contribution is -2.09. The average Bonchev–Trinajstić information content (AvgIpc) is 2.39. The van der Waals surface area contributed by atoms with Crippen molar-refractivity contribution in [2.24, 2.45) is 5.73 Å². The fourth-order valence-electron chi connectivity index (χ4n) is 1.52. The second kappa shape index (κ2) is 5.80.